The summed E-state index contributed by atoms with van der Waals surface area (Å²) in [4.78, 5) is 9.65. The van der Waals surface area contributed by atoms with E-state index >= 15 is 0 Å². The average molecular weight is 303 g/mol. The summed E-state index contributed by atoms with van der Waals surface area (Å²) in [6.45, 7) is 1.59. The second-order valence-electron chi connectivity index (χ2n) is 3.82. The first-order valence-electron chi connectivity index (χ1n) is 5.43. The van der Waals surface area contributed by atoms with E-state index in [0.717, 1.165) is 0 Å². The van der Waals surface area contributed by atoms with E-state index in [9.17, 15) is 22.0 Å². The molecule has 0 fully saturated rings. The Morgan fingerprint density at radius 1 is 1.50 bits per heavy atom. The van der Waals surface area contributed by atoms with Crippen molar-refractivity contribution in [1.82, 2.24) is 4.72 Å². The highest BCUT2D eigenvalue weighted by molar-refractivity contribution is 7.89. The van der Waals surface area contributed by atoms with Crippen LogP contribution in [0, 0.1) is 24.0 Å². The molecule has 0 saturated heterocycles. The van der Waals surface area contributed by atoms with E-state index in [1.54, 1.807) is 6.92 Å². The number of hydrogen-bond acceptors (Lipinski definition) is 3. The van der Waals surface area contributed by atoms with E-state index in [-0.39, 0.29) is 6.42 Å². The van der Waals surface area contributed by atoms with Crippen molar-refractivity contribution in [2.45, 2.75) is 24.3 Å². The normalized spacial score (nSPS) is 12.7. The Morgan fingerprint density at radius 2 is 2.10 bits per heavy atom. The van der Waals surface area contributed by atoms with Crippen LogP contribution in [0.15, 0.2) is 17.0 Å². The number of nitrogens with one attached hydrogen (secondary N) is 1. The van der Waals surface area contributed by atoms with Crippen LogP contribution in [-0.2, 0) is 10.0 Å². The zero-order chi connectivity index (χ0) is 15.5. The van der Waals surface area contributed by atoms with Crippen molar-refractivity contribution in [3.05, 3.63) is 29.3 Å². The maximum atomic E-state index is 13.6. The maximum absolute atomic E-state index is 13.6. The molecule has 1 atom stereocenters. The first-order chi connectivity index (χ1) is 9.22. The van der Waals surface area contributed by atoms with Crippen molar-refractivity contribution >= 4 is 16.0 Å². The number of rotatable bonds is 5. The smallest absolute Gasteiger partial charge is 0.335 e. The van der Waals surface area contributed by atoms with Gasteiger partial charge < -0.3 is 5.11 Å². The van der Waals surface area contributed by atoms with Crippen LogP contribution in [0.5, 0.6) is 0 Å². The van der Waals surface area contributed by atoms with Gasteiger partial charge in [0.15, 0.2) is 11.6 Å². The van der Waals surface area contributed by atoms with E-state index < -0.39 is 44.1 Å². The van der Waals surface area contributed by atoms with Crippen molar-refractivity contribution in [1.29, 1.82) is 0 Å². The number of sulfonamides is 1. The van der Waals surface area contributed by atoms with E-state index in [4.69, 9.17) is 11.5 Å². The van der Waals surface area contributed by atoms with Gasteiger partial charge in [0.05, 0.1) is 11.6 Å². The number of halogens is 2. The van der Waals surface area contributed by atoms with Gasteiger partial charge in [-0.05, 0) is 18.6 Å². The van der Waals surface area contributed by atoms with Crippen LogP contribution in [0.3, 0.4) is 0 Å². The van der Waals surface area contributed by atoms with Crippen molar-refractivity contribution in [3.63, 3.8) is 0 Å². The van der Waals surface area contributed by atoms with Gasteiger partial charge in [-0.25, -0.2) is 22.0 Å². The highest BCUT2D eigenvalue weighted by atomic mass is 32.2. The van der Waals surface area contributed by atoms with Gasteiger partial charge in [-0.1, -0.05) is 12.8 Å². The average Bonchev–Trinajstić information content (AvgIpc) is 2.38. The van der Waals surface area contributed by atoms with Crippen LogP contribution in [0.4, 0.5) is 8.78 Å². The molecule has 1 unspecified atom stereocenters. The Kier molecular flexibility index (Phi) is 4.81. The monoisotopic (exact) mass is 303 g/mol. The summed E-state index contributed by atoms with van der Waals surface area (Å²) in [5.41, 5.74) is -0.682. The minimum absolute atomic E-state index is 0.235. The third kappa shape index (κ3) is 3.31. The predicted octanol–water partition coefficient (Wildman–Crippen LogP) is 1.35. The zero-order valence-electron chi connectivity index (χ0n) is 10.4. The van der Waals surface area contributed by atoms with E-state index in [1.165, 1.54) is 0 Å². The molecule has 5 nitrogen and oxygen atoms in total. The first kappa shape index (κ1) is 16.1. The molecule has 0 aliphatic heterocycles. The van der Waals surface area contributed by atoms with Gasteiger partial charge in [-0.2, -0.15) is 4.72 Å². The highest BCUT2D eigenvalue weighted by Gasteiger charge is 2.26. The summed E-state index contributed by atoms with van der Waals surface area (Å²) in [5, 5.41) is 8.73. The predicted molar refractivity (Wildman–Crippen MR) is 66.6 cm³/mol. The van der Waals surface area contributed by atoms with Gasteiger partial charge in [0.25, 0.3) is 0 Å². The molecule has 1 aromatic carbocycles. The van der Waals surface area contributed by atoms with Gasteiger partial charge >= 0.3 is 5.97 Å². The Morgan fingerprint density at radius 3 is 2.55 bits per heavy atom. The molecule has 0 spiro atoms. The van der Waals surface area contributed by atoms with Crippen LogP contribution in [0.2, 0.25) is 0 Å². The number of carboxylic acid groups (broad SMARTS) is 1. The molecule has 0 aliphatic carbocycles. The second kappa shape index (κ2) is 5.98. The minimum Gasteiger partial charge on any atom is -0.478 e. The molecule has 108 valence electrons. The summed E-state index contributed by atoms with van der Waals surface area (Å²) in [6.07, 6.45) is 5.31. The largest absolute Gasteiger partial charge is 0.478 e. The van der Waals surface area contributed by atoms with E-state index in [0.29, 0.717) is 12.1 Å². The molecule has 8 heteroatoms. The van der Waals surface area contributed by atoms with Gasteiger partial charge in [0.2, 0.25) is 10.0 Å². The highest BCUT2D eigenvalue weighted by Crippen LogP contribution is 2.20. The van der Waals surface area contributed by atoms with Crippen LogP contribution in [0.1, 0.15) is 23.7 Å². The van der Waals surface area contributed by atoms with Crippen LogP contribution in [0.25, 0.3) is 0 Å². The molecule has 0 saturated carbocycles. The van der Waals surface area contributed by atoms with Gasteiger partial charge in [0, 0.05) is 0 Å². The molecule has 1 rings (SSSR count). The molecule has 0 heterocycles. The Balaban J connectivity index is 3.38. The molecule has 20 heavy (non-hydrogen) atoms. The molecule has 0 radical (unpaired) electrons. The Bertz CT molecular complexity index is 679. The van der Waals surface area contributed by atoms with Gasteiger partial charge in [-0.3, -0.25) is 0 Å². The Labute approximate surface area is 114 Å². The van der Waals surface area contributed by atoms with Crippen LogP contribution in [-0.4, -0.2) is 25.5 Å². The summed E-state index contributed by atoms with van der Waals surface area (Å²) >= 11 is 0. The molecule has 0 bridgehead atoms. The standard InChI is InChI=1S/C12H11F2NO4S/c1-3-8(4-2)15-20(18,19)10-6-7(12(16)17)5-9(13)11(10)14/h1,5-6,8,15H,4H2,2H3,(H,16,17). The molecule has 1 aromatic rings. The topological polar surface area (TPSA) is 83.5 Å². The third-order valence-electron chi connectivity index (χ3n) is 2.44. The number of aromatic carboxylic acids is 1. The lowest BCUT2D eigenvalue weighted by Crippen LogP contribution is -2.34. The lowest BCUT2D eigenvalue weighted by molar-refractivity contribution is 0.0696. The molecule has 2 N–H and O–H groups in total. The number of carbonyl (C=O) groups is 1. The fourth-order valence-corrected chi connectivity index (χ4v) is 2.72. The lowest BCUT2D eigenvalue weighted by Gasteiger charge is -2.12. The molecule has 0 amide bonds. The number of terminal acetylenes is 1. The van der Waals surface area contributed by atoms with E-state index in [1.807, 2.05) is 4.72 Å². The Hall–Kier alpha value is -1.98. The van der Waals surface area contributed by atoms with Crippen molar-refractivity contribution in [2.24, 2.45) is 0 Å². The quantitative estimate of drug-likeness (QED) is 0.804. The molecule has 0 aromatic heterocycles. The van der Waals surface area contributed by atoms with Gasteiger partial charge in [-0.15, -0.1) is 6.42 Å². The second-order valence-corrected chi connectivity index (χ2v) is 5.51. The third-order valence-corrected chi connectivity index (χ3v) is 3.91. The zero-order valence-corrected chi connectivity index (χ0v) is 11.2. The SMILES string of the molecule is C#CC(CC)NS(=O)(=O)c1cc(C(=O)O)cc(F)c1F. The van der Waals surface area contributed by atoms with Crippen molar-refractivity contribution in [3.8, 4) is 12.3 Å². The van der Waals surface area contributed by atoms with Crippen molar-refractivity contribution < 1.29 is 27.1 Å². The summed E-state index contributed by atoms with van der Waals surface area (Å²) < 4.78 is 52.6. The minimum atomic E-state index is -4.46. The fourth-order valence-electron chi connectivity index (χ4n) is 1.37. The van der Waals surface area contributed by atoms with Crippen molar-refractivity contribution in [2.75, 3.05) is 0 Å². The van der Waals surface area contributed by atoms with Gasteiger partial charge in [0.1, 0.15) is 4.90 Å². The first-order valence-corrected chi connectivity index (χ1v) is 6.92. The maximum Gasteiger partial charge on any atom is 0.335 e. The number of hydrogen-bond donors (Lipinski definition) is 2. The van der Waals surface area contributed by atoms with Crippen LogP contribution >= 0.6 is 0 Å². The summed E-state index contributed by atoms with van der Waals surface area (Å²) in [6, 6.07) is 0.0255. The molecule has 0 aliphatic rings. The lowest BCUT2D eigenvalue weighted by atomic mass is 10.2. The fraction of sp³-hybridized carbons (Fsp3) is 0.250. The number of carboxylic acids is 1. The summed E-state index contributed by atoms with van der Waals surface area (Å²) in [5.74, 6) is -2.68. The van der Waals surface area contributed by atoms with Crippen LogP contribution < -0.4 is 4.72 Å². The van der Waals surface area contributed by atoms with E-state index in [2.05, 4.69) is 5.92 Å². The molecular formula is C12H11F2NO4S. The number of benzene rings is 1. The summed E-state index contributed by atoms with van der Waals surface area (Å²) in [7, 11) is -4.46. The molecular weight excluding hydrogens is 292 g/mol.